The number of thioether (sulfide) groups is 1. The van der Waals surface area contributed by atoms with E-state index in [0.717, 1.165) is 30.0 Å². The van der Waals surface area contributed by atoms with Crippen LogP contribution >= 0.6 is 23.4 Å². The Labute approximate surface area is 117 Å². The SMILES string of the molecule is CC(CCN)SCc1cc(Cl)c2c(c1)OCCO2. The van der Waals surface area contributed by atoms with Crippen LogP contribution < -0.4 is 15.2 Å². The van der Waals surface area contributed by atoms with E-state index in [1.165, 1.54) is 0 Å². The predicted octanol–water partition coefficient (Wildman–Crippen LogP) is 3.08. The lowest BCUT2D eigenvalue weighted by Crippen LogP contribution is -2.15. The maximum Gasteiger partial charge on any atom is 0.179 e. The van der Waals surface area contributed by atoms with Gasteiger partial charge in [-0.1, -0.05) is 18.5 Å². The first-order valence-corrected chi connectivity index (χ1v) is 7.53. The van der Waals surface area contributed by atoms with Crippen LogP contribution in [0.25, 0.3) is 0 Å². The first kappa shape index (κ1) is 13.8. The lowest BCUT2D eigenvalue weighted by molar-refractivity contribution is 0.171. The van der Waals surface area contributed by atoms with Crippen molar-refractivity contribution >= 4 is 23.4 Å². The Hall–Kier alpha value is -0.580. The molecular formula is C13H18ClNO2S. The maximum atomic E-state index is 6.19. The molecule has 1 aliphatic rings. The highest BCUT2D eigenvalue weighted by Gasteiger charge is 2.16. The molecule has 1 unspecified atom stereocenters. The molecule has 1 heterocycles. The van der Waals surface area contributed by atoms with Crippen molar-refractivity contribution in [2.45, 2.75) is 24.3 Å². The van der Waals surface area contributed by atoms with Crippen LogP contribution in [0.3, 0.4) is 0 Å². The van der Waals surface area contributed by atoms with Gasteiger partial charge < -0.3 is 15.2 Å². The van der Waals surface area contributed by atoms with Crippen LogP contribution in [0.5, 0.6) is 11.5 Å². The van der Waals surface area contributed by atoms with E-state index in [2.05, 4.69) is 6.92 Å². The molecule has 0 aliphatic carbocycles. The summed E-state index contributed by atoms with van der Waals surface area (Å²) < 4.78 is 11.1. The van der Waals surface area contributed by atoms with Crippen molar-refractivity contribution in [2.24, 2.45) is 5.73 Å². The van der Waals surface area contributed by atoms with Gasteiger partial charge in [-0.25, -0.2) is 0 Å². The van der Waals surface area contributed by atoms with Gasteiger partial charge in [-0.05, 0) is 30.7 Å². The molecule has 0 saturated heterocycles. The highest BCUT2D eigenvalue weighted by atomic mass is 35.5. The summed E-state index contributed by atoms with van der Waals surface area (Å²) in [7, 11) is 0. The first-order valence-electron chi connectivity index (χ1n) is 6.10. The lowest BCUT2D eigenvalue weighted by Gasteiger charge is -2.20. The van der Waals surface area contributed by atoms with E-state index in [4.69, 9.17) is 26.8 Å². The number of hydrogen-bond acceptors (Lipinski definition) is 4. The Bertz CT molecular complexity index is 414. The molecule has 0 fully saturated rings. The summed E-state index contributed by atoms with van der Waals surface area (Å²) in [4.78, 5) is 0. The average Bonchev–Trinajstić information content (AvgIpc) is 2.37. The minimum absolute atomic E-state index is 0.557. The Morgan fingerprint density at radius 3 is 2.94 bits per heavy atom. The second kappa shape index (κ2) is 6.55. The number of nitrogens with two attached hydrogens (primary N) is 1. The zero-order chi connectivity index (χ0) is 13.0. The monoisotopic (exact) mass is 287 g/mol. The van der Waals surface area contributed by atoms with Gasteiger partial charge in [0.25, 0.3) is 0 Å². The lowest BCUT2D eigenvalue weighted by atomic mass is 10.2. The molecule has 100 valence electrons. The molecular weight excluding hydrogens is 270 g/mol. The summed E-state index contributed by atoms with van der Waals surface area (Å²) >= 11 is 8.07. The van der Waals surface area contributed by atoms with E-state index < -0.39 is 0 Å². The van der Waals surface area contributed by atoms with Crippen molar-refractivity contribution < 1.29 is 9.47 Å². The molecule has 0 bridgehead atoms. The number of benzene rings is 1. The molecule has 1 aliphatic heterocycles. The Kier molecular flexibility index (Phi) is 5.03. The molecule has 0 spiro atoms. The van der Waals surface area contributed by atoms with E-state index in [-0.39, 0.29) is 0 Å². The fraction of sp³-hybridized carbons (Fsp3) is 0.538. The molecule has 0 aromatic heterocycles. The Morgan fingerprint density at radius 1 is 1.39 bits per heavy atom. The molecule has 3 nitrogen and oxygen atoms in total. The highest BCUT2D eigenvalue weighted by Crippen LogP contribution is 2.39. The van der Waals surface area contributed by atoms with Gasteiger partial charge in [-0.3, -0.25) is 0 Å². The van der Waals surface area contributed by atoms with Gasteiger partial charge in [0, 0.05) is 11.0 Å². The molecule has 0 saturated carbocycles. The fourth-order valence-corrected chi connectivity index (χ4v) is 3.04. The average molecular weight is 288 g/mol. The summed E-state index contributed by atoms with van der Waals surface area (Å²) in [5, 5.41) is 1.19. The van der Waals surface area contributed by atoms with Crippen molar-refractivity contribution in [3.63, 3.8) is 0 Å². The number of rotatable bonds is 5. The van der Waals surface area contributed by atoms with Crippen molar-refractivity contribution in [3.8, 4) is 11.5 Å². The van der Waals surface area contributed by atoms with Gasteiger partial charge >= 0.3 is 0 Å². The van der Waals surface area contributed by atoms with Crippen LogP contribution in [0.2, 0.25) is 5.02 Å². The van der Waals surface area contributed by atoms with E-state index >= 15 is 0 Å². The number of hydrogen-bond donors (Lipinski definition) is 1. The summed E-state index contributed by atoms with van der Waals surface area (Å²) in [6.07, 6.45) is 1.03. The molecule has 1 aromatic carbocycles. The molecule has 0 amide bonds. The number of halogens is 1. The first-order chi connectivity index (χ1) is 8.70. The van der Waals surface area contributed by atoms with Crippen LogP contribution in [0.1, 0.15) is 18.9 Å². The van der Waals surface area contributed by atoms with Crippen molar-refractivity contribution in [3.05, 3.63) is 22.7 Å². The Balaban J connectivity index is 2.03. The van der Waals surface area contributed by atoms with Crippen LogP contribution in [0.15, 0.2) is 12.1 Å². The quantitative estimate of drug-likeness (QED) is 0.904. The summed E-state index contributed by atoms with van der Waals surface area (Å²) in [6.45, 7) is 4.07. The predicted molar refractivity (Wildman–Crippen MR) is 76.9 cm³/mol. The third kappa shape index (κ3) is 3.46. The number of fused-ring (bicyclic) bond motifs is 1. The van der Waals surface area contributed by atoms with Crippen LogP contribution in [-0.4, -0.2) is 25.0 Å². The van der Waals surface area contributed by atoms with Gasteiger partial charge in [0.15, 0.2) is 11.5 Å². The van der Waals surface area contributed by atoms with E-state index in [1.807, 2.05) is 23.9 Å². The van der Waals surface area contributed by atoms with E-state index in [9.17, 15) is 0 Å². The maximum absolute atomic E-state index is 6.19. The minimum atomic E-state index is 0.557. The van der Waals surface area contributed by atoms with Crippen molar-refractivity contribution in [2.75, 3.05) is 19.8 Å². The second-order valence-electron chi connectivity index (χ2n) is 4.30. The summed E-state index contributed by atoms with van der Waals surface area (Å²) in [6, 6.07) is 3.97. The standard InChI is InChI=1S/C13H18ClNO2S/c1-9(2-3-15)18-8-10-6-11(14)13-12(7-10)16-4-5-17-13/h6-7,9H,2-5,8,15H2,1H3. The van der Waals surface area contributed by atoms with Gasteiger partial charge in [0.05, 0.1) is 5.02 Å². The molecule has 0 radical (unpaired) electrons. The van der Waals surface area contributed by atoms with Gasteiger partial charge in [0.2, 0.25) is 0 Å². The number of ether oxygens (including phenoxy) is 2. The minimum Gasteiger partial charge on any atom is -0.486 e. The van der Waals surface area contributed by atoms with Crippen molar-refractivity contribution in [1.82, 2.24) is 0 Å². The van der Waals surface area contributed by atoms with E-state index in [1.54, 1.807) is 0 Å². The molecule has 2 rings (SSSR count). The van der Waals surface area contributed by atoms with Gasteiger partial charge in [-0.15, -0.1) is 0 Å². The smallest absolute Gasteiger partial charge is 0.179 e. The second-order valence-corrected chi connectivity index (χ2v) is 6.13. The van der Waals surface area contributed by atoms with E-state index in [0.29, 0.717) is 29.2 Å². The third-order valence-corrected chi connectivity index (χ3v) is 4.35. The topological polar surface area (TPSA) is 44.5 Å². The largest absolute Gasteiger partial charge is 0.486 e. The molecule has 18 heavy (non-hydrogen) atoms. The summed E-state index contributed by atoms with van der Waals surface area (Å²) in [5.74, 6) is 2.35. The Morgan fingerprint density at radius 2 is 2.17 bits per heavy atom. The third-order valence-electron chi connectivity index (χ3n) is 2.76. The molecule has 1 atom stereocenters. The molecule has 5 heteroatoms. The van der Waals surface area contributed by atoms with Gasteiger partial charge in [0.1, 0.15) is 13.2 Å². The zero-order valence-corrected chi connectivity index (χ0v) is 12.0. The normalized spacial score (nSPS) is 15.5. The fourth-order valence-electron chi connectivity index (χ4n) is 1.80. The molecule has 2 N–H and O–H groups in total. The summed E-state index contributed by atoms with van der Waals surface area (Å²) in [5.41, 5.74) is 6.71. The van der Waals surface area contributed by atoms with Crippen LogP contribution in [-0.2, 0) is 5.75 Å². The van der Waals surface area contributed by atoms with Crippen molar-refractivity contribution in [1.29, 1.82) is 0 Å². The highest BCUT2D eigenvalue weighted by molar-refractivity contribution is 7.99. The van der Waals surface area contributed by atoms with Gasteiger partial charge in [-0.2, -0.15) is 11.8 Å². The van der Waals surface area contributed by atoms with Crippen LogP contribution in [0, 0.1) is 0 Å². The van der Waals surface area contributed by atoms with Crippen LogP contribution in [0.4, 0.5) is 0 Å². The zero-order valence-electron chi connectivity index (χ0n) is 10.4. The molecule has 1 aromatic rings.